The van der Waals surface area contributed by atoms with Gasteiger partial charge in [-0.3, -0.25) is 0 Å². The third-order valence-electron chi connectivity index (χ3n) is 3.56. The van der Waals surface area contributed by atoms with Gasteiger partial charge in [0.2, 0.25) is 5.89 Å². The average molecular weight is 366 g/mol. The van der Waals surface area contributed by atoms with E-state index >= 15 is 0 Å². The van der Waals surface area contributed by atoms with Gasteiger partial charge in [-0.2, -0.15) is 0 Å². The summed E-state index contributed by atoms with van der Waals surface area (Å²) >= 11 is 0. The van der Waals surface area contributed by atoms with E-state index in [2.05, 4.69) is 4.98 Å². The Bertz CT molecular complexity index is 949. The summed E-state index contributed by atoms with van der Waals surface area (Å²) in [7, 11) is -0.526. The molecule has 0 N–H and O–H groups in total. The normalized spacial score (nSPS) is 11.0. The third-order valence-corrected chi connectivity index (χ3v) is 4.41. The fourth-order valence-electron chi connectivity index (χ4n) is 2.23. The van der Waals surface area contributed by atoms with Crippen LogP contribution < -0.4 is 34.5 Å². The van der Waals surface area contributed by atoms with Gasteiger partial charge in [0.25, 0.3) is 0 Å². The first-order valence-electron chi connectivity index (χ1n) is 7.14. The Kier molecular flexibility index (Phi) is 6.08. The molecular weight excluding hydrogens is 351 g/mol. The zero-order valence-electron chi connectivity index (χ0n) is 14.1. The zero-order valence-corrected chi connectivity index (χ0v) is 16.9. The van der Waals surface area contributed by atoms with Gasteiger partial charge in [0, 0.05) is 30.9 Å². The van der Waals surface area contributed by atoms with Crippen molar-refractivity contribution in [3.63, 3.8) is 0 Å². The number of aromatic nitrogens is 1. The van der Waals surface area contributed by atoms with Gasteiger partial charge in [0.15, 0.2) is 5.76 Å². The van der Waals surface area contributed by atoms with Gasteiger partial charge >= 0.3 is 29.6 Å². The Labute approximate surface area is 168 Å². The molecule has 0 spiro atoms. The molecule has 0 fully saturated rings. The van der Waals surface area contributed by atoms with Crippen LogP contribution in [-0.4, -0.2) is 32.0 Å². The Morgan fingerprint density at radius 3 is 2.04 bits per heavy atom. The van der Waals surface area contributed by atoms with Crippen LogP contribution in [0.4, 0.5) is 5.69 Å². The van der Waals surface area contributed by atoms with E-state index in [0.717, 1.165) is 11.3 Å². The minimum atomic E-state index is -4.45. The maximum atomic E-state index is 11.0. The van der Waals surface area contributed by atoms with E-state index in [9.17, 15) is 13.0 Å². The molecule has 1 heterocycles. The summed E-state index contributed by atoms with van der Waals surface area (Å²) in [5, 5.41) is 0. The van der Waals surface area contributed by atoms with Crippen molar-refractivity contribution in [2.75, 3.05) is 19.0 Å². The van der Waals surface area contributed by atoms with E-state index in [0.29, 0.717) is 17.2 Å². The van der Waals surface area contributed by atoms with Gasteiger partial charge in [-0.25, -0.2) is 13.4 Å². The summed E-state index contributed by atoms with van der Waals surface area (Å²) in [4.78, 5) is 5.97. The van der Waals surface area contributed by atoms with Gasteiger partial charge < -0.3 is 13.9 Å². The molecule has 1 aromatic heterocycles. The molecule has 0 bridgehead atoms. The van der Waals surface area contributed by atoms with E-state index in [1.807, 2.05) is 43.3 Å². The topological polar surface area (TPSA) is 86.5 Å². The van der Waals surface area contributed by atoms with Gasteiger partial charge in [0.1, 0.15) is 10.1 Å². The average Bonchev–Trinajstić information content (AvgIpc) is 3.04. The number of hydrogen-bond acceptors (Lipinski definition) is 6. The minimum Gasteiger partial charge on any atom is -0.744 e. The summed E-state index contributed by atoms with van der Waals surface area (Å²) in [6.07, 6.45) is 1.57. The maximum absolute atomic E-state index is 11.0. The van der Waals surface area contributed by atoms with Crippen molar-refractivity contribution < 1.29 is 46.9 Å². The molecule has 2 aromatic carbocycles. The van der Waals surface area contributed by atoms with Crippen molar-refractivity contribution in [1.82, 2.24) is 4.98 Å². The van der Waals surface area contributed by atoms with Gasteiger partial charge in [-0.15, -0.1) is 0 Å². The van der Waals surface area contributed by atoms with E-state index in [4.69, 9.17) is 4.42 Å². The third kappa shape index (κ3) is 4.50. The van der Waals surface area contributed by atoms with Crippen LogP contribution in [0, 0.1) is 0 Å². The number of hydrogen-bond donors (Lipinski definition) is 0. The molecule has 0 radical (unpaired) electrons. The molecule has 3 rings (SSSR count). The quantitative estimate of drug-likeness (QED) is 0.477. The Balaban J connectivity index is 0.00000225. The molecule has 0 saturated heterocycles. The number of oxazole rings is 1. The van der Waals surface area contributed by atoms with Crippen molar-refractivity contribution in [3.05, 3.63) is 54.7 Å². The van der Waals surface area contributed by atoms with Crippen molar-refractivity contribution in [2.24, 2.45) is 0 Å². The standard InChI is InChI=1S/C17H16N2O4S.Na/c1-19(2)14-7-3-13(4-8-14)17-18-11-16(23-17)12-5-9-15(10-6-12)24(20,21)22;/h3-11H,1-2H3,(H,20,21,22);/q;+1/p-1. The molecule has 6 nitrogen and oxygen atoms in total. The van der Waals surface area contributed by atoms with Crippen molar-refractivity contribution >= 4 is 15.8 Å². The van der Waals surface area contributed by atoms with E-state index in [-0.39, 0.29) is 34.5 Å². The molecule has 8 heteroatoms. The largest absolute Gasteiger partial charge is 1.00 e. The molecule has 0 aliphatic carbocycles. The van der Waals surface area contributed by atoms with Crippen LogP contribution in [0.1, 0.15) is 0 Å². The summed E-state index contributed by atoms with van der Waals surface area (Å²) in [6, 6.07) is 13.3. The first kappa shape index (κ1) is 19.7. The van der Waals surface area contributed by atoms with Crippen LogP contribution in [0.2, 0.25) is 0 Å². The molecule has 0 amide bonds. The number of anilines is 1. The second-order valence-electron chi connectivity index (χ2n) is 5.45. The second kappa shape index (κ2) is 7.72. The molecule has 0 saturated carbocycles. The summed E-state index contributed by atoms with van der Waals surface area (Å²) in [5.41, 5.74) is 2.55. The van der Waals surface area contributed by atoms with Gasteiger partial charge in [-0.1, -0.05) is 0 Å². The van der Waals surface area contributed by atoms with Crippen LogP contribution in [0.15, 0.2) is 64.0 Å². The number of nitrogens with zero attached hydrogens (tertiary/aromatic N) is 2. The number of benzene rings is 2. The van der Waals surface area contributed by atoms with Gasteiger partial charge in [-0.05, 0) is 48.5 Å². The second-order valence-corrected chi connectivity index (χ2v) is 6.83. The van der Waals surface area contributed by atoms with Gasteiger partial charge in [0.05, 0.1) is 11.1 Å². The van der Waals surface area contributed by atoms with E-state index < -0.39 is 10.1 Å². The zero-order chi connectivity index (χ0) is 17.3. The molecule has 25 heavy (non-hydrogen) atoms. The van der Waals surface area contributed by atoms with Crippen LogP contribution >= 0.6 is 0 Å². The minimum absolute atomic E-state index is 0. The maximum Gasteiger partial charge on any atom is 1.00 e. The van der Waals surface area contributed by atoms with E-state index in [1.165, 1.54) is 24.3 Å². The SMILES string of the molecule is CN(C)c1ccc(-c2ncc(-c3ccc(S(=O)(=O)[O-])cc3)o2)cc1.[Na+]. The fraction of sp³-hybridized carbons (Fsp3) is 0.118. The summed E-state index contributed by atoms with van der Waals surface area (Å²) in [5.74, 6) is 0.965. The van der Waals surface area contributed by atoms with Crippen molar-refractivity contribution in [3.8, 4) is 22.8 Å². The predicted molar refractivity (Wildman–Crippen MR) is 89.7 cm³/mol. The van der Waals surface area contributed by atoms with Crippen LogP contribution in [0.5, 0.6) is 0 Å². The van der Waals surface area contributed by atoms with Crippen LogP contribution in [-0.2, 0) is 10.1 Å². The molecule has 0 aliphatic rings. The predicted octanol–water partition coefficient (Wildman–Crippen LogP) is -0.0173. The first-order chi connectivity index (χ1) is 11.3. The monoisotopic (exact) mass is 366 g/mol. The Morgan fingerprint density at radius 2 is 1.52 bits per heavy atom. The van der Waals surface area contributed by atoms with E-state index in [1.54, 1.807) is 6.20 Å². The molecule has 124 valence electrons. The molecular formula is C17H15N2NaO4S. The molecule has 0 atom stereocenters. The Hall–Kier alpha value is -1.64. The fourth-order valence-corrected chi connectivity index (χ4v) is 2.70. The molecule has 3 aromatic rings. The molecule has 0 unspecified atom stereocenters. The smallest absolute Gasteiger partial charge is 0.744 e. The van der Waals surface area contributed by atoms with Crippen LogP contribution in [0.3, 0.4) is 0 Å². The first-order valence-corrected chi connectivity index (χ1v) is 8.55. The molecule has 0 aliphatic heterocycles. The van der Waals surface area contributed by atoms with Crippen molar-refractivity contribution in [1.29, 1.82) is 0 Å². The Morgan fingerprint density at radius 1 is 0.960 bits per heavy atom. The number of rotatable bonds is 4. The van der Waals surface area contributed by atoms with Crippen molar-refractivity contribution in [2.45, 2.75) is 4.90 Å². The van der Waals surface area contributed by atoms with Crippen LogP contribution in [0.25, 0.3) is 22.8 Å². The summed E-state index contributed by atoms with van der Waals surface area (Å²) < 4.78 is 38.6. The summed E-state index contributed by atoms with van der Waals surface area (Å²) in [6.45, 7) is 0.